The Balaban J connectivity index is 1.79. The van der Waals surface area contributed by atoms with E-state index in [1.54, 1.807) is 30.9 Å². The molecule has 0 saturated carbocycles. The minimum atomic E-state index is -0.151. The number of rotatable bonds is 4. The topological polar surface area (TPSA) is 90.0 Å². The number of fused-ring (bicyclic) bond motifs is 1. The lowest BCUT2D eigenvalue weighted by molar-refractivity contribution is 0.0892. The van der Waals surface area contributed by atoms with Gasteiger partial charge in [0.2, 0.25) is 0 Å². The van der Waals surface area contributed by atoms with Gasteiger partial charge in [-0.15, -0.1) is 5.10 Å². The number of carbonyl (C=O) groups excluding carboxylic acids is 1. The molecular weight excluding hydrogens is 294 g/mol. The van der Waals surface area contributed by atoms with Crippen molar-refractivity contribution in [1.82, 2.24) is 34.9 Å². The van der Waals surface area contributed by atoms with Crippen LogP contribution in [-0.2, 0) is 6.54 Å². The zero-order chi connectivity index (χ0) is 16.4. The van der Waals surface area contributed by atoms with Crippen molar-refractivity contribution in [3.63, 3.8) is 0 Å². The van der Waals surface area contributed by atoms with E-state index in [0.717, 1.165) is 0 Å². The Morgan fingerprint density at radius 2 is 2.17 bits per heavy atom. The predicted molar refractivity (Wildman–Crippen MR) is 83.7 cm³/mol. The molecule has 8 nitrogen and oxygen atoms in total. The van der Waals surface area contributed by atoms with Gasteiger partial charge >= 0.3 is 0 Å². The van der Waals surface area contributed by atoms with Crippen LogP contribution in [0.3, 0.4) is 0 Å². The molecule has 0 aromatic carbocycles. The van der Waals surface area contributed by atoms with E-state index in [4.69, 9.17) is 0 Å². The smallest absolute Gasteiger partial charge is 0.253 e. The molecule has 120 valence electrons. The van der Waals surface area contributed by atoms with Crippen LogP contribution in [0.25, 0.3) is 5.65 Å². The molecule has 1 amide bonds. The van der Waals surface area contributed by atoms with Crippen molar-refractivity contribution >= 4 is 11.6 Å². The zero-order valence-corrected chi connectivity index (χ0v) is 13.3. The van der Waals surface area contributed by atoms with Crippen molar-refractivity contribution in [3.8, 4) is 0 Å². The third kappa shape index (κ3) is 3.36. The van der Waals surface area contributed by atoms with E-state index in [1.807, 2.05) is 10.8 Å². The van der Waals surface area contributed by atoms with Gasteiger partial charge in [0, 0.05) is 25.1 Å². The van der Waals surface area contributed by atoms with Crippen LogP contribution in [0.4, 0.5) is 0 Å². The molecule has 0 aliphatic carbocycles. The summed E-state index contributed by atoms with van der Waals surface area (Å²) in [5, 5.41) is 14.3. The molecule has 0 bridgehead atoms. The summed E-state index contributed by atoms with van der Waals surface area (Å²) in [6.45, 7) is 6.95. The summed E-state index contributed by atoms with van der Waals surface area (Å²) in [4.78, 5) is 16.6. The Kier molecular flexibility index (Phi) is 3.81. The highest BCUT2D eigenvalue weighted by molar-refractivity contribution is 5.94. The molecule has 8 heteroatoms. The lowest BCUT2D eigenvalue weighted by atomic mass is 9.86. The molecule has 0 radical (unpaired) electrons. The van der Waals surface area contributed by atoms with E-state index in [1.165, 1.54) is 4.52 Å². The highest BCUT2D eigenvalue weighted by Crippen LogP contribution is 2.21. The van der Waals surface area contributed by atoms with E-state index in [9.17, 15) is 4.79 Å². The van der Waals surface area contributed by atoms with Gasteiger partial charge < -0.3 is 9.88 Å². The van der Waals surface area contributed by atoms with E-state index < -0.39 is 0 Å². The van der Waals surface area contributed by atoms with Gasteiger partial charge in [0.15, 0.2) is 5.65 Å². The number of pyridine rings is 1. The maximum atomic E-state index is 12.6. The van der Waals surface area contributed by atoms with Gasteiger partial charge in [0.05, 0.1) is 17.9 Å². The zero-order valence-electron chi connectivity index (χ0n) is 13.3. The summed E-state index contributed by atoms with van der Waals surface area (Å²) in [6.07, 6.45) is 6.99. The Bertz CT molecular complexity index is 801. The fraction of sp³-hybridized carbons (Fsp3) is 0.400. The Morgan fingerprint density at radius 1 is 1.35 bits per heavy atom. The lowest BCUT2D eigenvalue weighted by Gasteiger charge is -2.31. The van der Waals surface area contributed by atoms with E-state index in [-0.39, 0.29) is 17.4 Å². The minimum absolute atomic E-state index is 0.0474. The van der Waals surface area contributed by atoms with Gasteiger partial charge in [-0.2, -0.15) is 4.52 Å². The van der Waals surface area contributed by atoms with Crippen LogP contribution in [0.2, 0.25) is 0 Å². The summed E-state index contributed by atoms with van der Waals surface area (Å²) in [5.74, 6) is -0.151. The van der Waals surface area contributed by atoms with E-state index in [0.29, 0.717) is 17.8 Å². The van der Waals surface area contributed by atoms with Crippen molar-refractivity contribution in [3.05, 3.63) is 42.6 Å². The minimum Gasteiger partial charge on any atom is -0.347 e. The first-order chi connectivity index (χ1) is 10.9. The van der Waals surface area contributed by atoms with Gasteiger partial charge in [-0.25, -0.2) is 4.98 Å². The molecule has 1 atom stereocenters. The number of tetrazole rings is 1. The van der Waals surface area contributed by atoms with Crippen LogP contribution in [0, 0.1) is 5.41 Å². The number of nitrogens with one attached hydrogen (secondary N) is 1. The van der Waals surface area contributed by atoms with Gasteiger partial charge in [-0.1, -0.05) is 20.8 Å². The average molecular weight is 313 g/mol. The van der Waals surface area contributed by atoms with Crippen molar-refractivity contribution in [2.75, 3.05) is 0 Å². The molecule has 3 aromatic heterocycles. The number of hydrogen-bond acceptors (Lipinski definition) is 5. The van der Waals surface area contributed by atoms with Crippen LogP contribution in [0.5, 0.6) is 0 Å². The molecule has 0 aliphatic rings. The van der Waals surface area contributed by atoms with Crippen molar-refractivity contribution in [1.29, 1.82) is 0 Å². The number of amides is 1. The fourth-order valence-electron chi connectivity index (χ4n) is 2.26. The summed E-state index contributed by atoms with van der Waals surface area (Å²) in [5.41, 5.74) is 1.02. The maximum absolute atomic E-state index is 12.6. The van der Waals surface area contributed by atoms with Crippen LogP contribution in [-0.4, -0.2) is 41.5 Å². The molecule has 1 N–H and O–H groups in total. The molecule has 0 saturated heterocycles. The van der Waals surface area contributed by atoms with Crippen molar-refractivity contribution in [2.45, 2.75) is 33.4 Å². The second kappa shape index (κ2) is 5.79. The molecule has 3 aromatic rings. The highest BCUT2D eigenvalue weighted by Gasteiger charge is 2.27. The Labute approximate surface area is 133 Å². The molecular formula is C15H19N7O. The number of hydrogen-bond donors (Lipinski definition) is 1. The van der Waals surface area contributed by atoms with Crippen molar-refractivity contribution in [2.24, 2.45) is 5.41 Å². The second-order valence-electron chi connectivity index (χ2n) is 6.55. The van der Waals surface area contributed by atoms with Crippen LogP contribution < -0.4 is 5.32 Å². The highest BCUT2D eigenvalue weighted by atomic mass is 16.1. The molecule has 0 aliphatic heterocycles. The molecule has 1 unspecified atom stereocenters. The monoisotopic (exact) mass is 313 g/mol. The Hall–Kier alpha value is -2.77. The third-order valence-corrected chi connectivity index (χ3v) is 3.76. The Morgan fingerprint density at radius 3 is 2.87 bits per heavy atom. The third-order valence-electron chi connectivity index (χ3n) is 3.76. The fourth-order valence-corrected chi connectivity index (χ4v) is 2.26. The molecule has 0 fully saturated rings. The number of nitrogens with zero attached hydrogens (tertiary/aromatic N) is 6. The van der Waals surface area contributed by atoms with Gasteiger partial charge in [0.25, 0.3) is 5.91 Å². The van der Waals surface area contributed by atoms with Gasteiger partial charge in [-0.05, 0) is 28.0 Å². The van der Waals surface area contributed by atoms with Gasteiger partial charge in [0.1, 0.15) is 0 Å². The average Bonchev–Trinajstić information content (AvgIpc) is 3.15. The molecule has 0 spiro atoms. The van der Waals surface area contributed by atoms with E-state index in [2.05, 4.69) is 46.6 Å². The summed E-state index contributed by atoms with van der Waals surface area (Å²) in [7, 11) is 0. The first kappa shape index (κ1) is 15.1. The number of imidazole rings is 1. The largest absolute Gasteiger partial charge is 0.347 e. The molecule has 3 rings (SSSR count). The summed E-state index contributed by atoms with van der Waals surface area (Å²) in [6, 6.07) is 3.39. The summed E-state index contributed by atoms with van der Waals surface area (Å²) < 4.78 is 3.44. The normalized spacial score (nSPS) is 13.2. The second-order valence-corrected chi connectivity index (χ2v) is 6.55. The van der Waals surface area contributed by atoms with Crippen molar-refractivity contribution < 1.29 is 4.79 Å². The molecule has 3 heterocycles. The van der Waals surface area contributed by atoms with E-state index >= 15 is 0 Å². The molecule has 23 heavy (non-hydrogen) atoms. The predicted octanol–water partition coefficient (Wildman–Crippen LogP) is 1.17. The maximum Gasteiger partial charge on any atom is 0.253 e. The standard InChI is InChI=1S/C15H19N7O/c1-15(2,3)12(9-21-7-6-16-10-21)17-14(23)11-4-5-13-18-19-20-22(13)8-11/h4-8,10,12H,9H2,1-3H3,(H,17,23). The van der Waals surface area contributed by atoms with Crippen LogP contribution in [0.1, 0.15) is 31.1 Å². The van der Waals surface area contributed by atoms with Crippen LogP contribution >= 0.6 is 0 Å². The first-order valence-electron chi connectivity index (χ1n) is 7.38. The summed E-state index contributed by atoms with van der Waals surface area (Å²) >= 11 is 0. The van der Waals surface area contributed by atoms with Gasteiger partial charge in [-0.3, -0.25) is 4.79 Å². The SMILES string of the molecule is CC(C)(C)C(Cn1ccnc1)NC(=O)c1ccc2nnnn2c1. The number of carbonyl (C=O) groups is 1. The number of aromatic nitrogens is 6. The quantitative estimate of drug-likeness (QED) is 0.781. The lowest BCUT2D eigenvalue weighted by Crippen LogP contribution is -2.46. The van der Waals surface area contributed by atoms with Crippen LogP contribution in [0.15, 0.2) is 37.1 Å². The first-order valence-corrected chi connectivity index (χ1v) is 7.38.